The molecule has 2 saturated heterocycles. The smallest absolute Gasteiger partial charge is 0.139 e. The second-order valence-corrected chi connectivity index (χ2v) is 4.18. The predicted octanol–water partition coefficient (Wildman–Crippen LogP) is 0.455. The van der Waals surface area contributed by atoms with Crippen LogP contribution in [0.4, 0.5) is 4.39 Å². The summed E-state index contributed by atoms with van der Waals surface area (Å²) in [7, 11) is 0. The molecular weight excluding hydrogens is 183 g/mol. The van der Waals surface area contributed by atoms with Crippen LogP contribution in [0.2, 0.25) is 0 Å². The van der Waals surface area contributed by atoms with Gasteiger partial charge in [0.05, 0.1) is 6.61 Å². The van der Waals surface area contributed by atoms with E-state index in [0.717, 1.165) is 32.4 Å². The summed E-state index contributed by atoms with van der Waals surface area (Å²) in [6.07, 6.45) is 2.22. The van der Waals surface area contributed by atoms with Gasteiger partial charge in [0.15, 0.2) is 0 Å². The van der Waals surface area contributed by atoms with Crippen molar-refractivity contribution in [1.82, 2.24) is 10.6 Å². The van der Waals surface area contributed by atoms with E-state index >= 15 is 0 Å². The summed E-state index contributed by atoms with van der Waals surface area (Å²) in [6, 6.07) is 0.518. The van der Waals surface area contributed by atoms with Crippen LogP contribution in [0.25, 0.3) is 0 Å². The van der Waals surface area contributed by atoms with Crippen LogP contribution in [0, 0.1) is 0 Å². The van der Waals surface area contributed by atoms with Crippen LogP contribution in [0.3, 0.4) is 0 Å². The Labute approximate surface area is 84.4 Å². The average molecular weight is 202 g/mol. The fraction of sp³-hybridized carbons (Fsp3) is 1.00. The molecule has 0 radical (unpaired) electrons. The van der Waals surface area contributed by atoms with Crippen LogP contribution in [0.1, 0.15) is 19.3 Å². The van der Waals surface area contributed by atoms with Crippen LogP contribution >= 0.6 is 0 Å². The van der Waals surface area contributed by atoms with Crippen molar-refractivity contribution in [2.24, 2.45) is 0 Å². The van der Waals surface area contributed by atoms with E-state index in [1.54, 1.807) is 0 Å². The zero-order valence-corrected chi connectivity index (χ0v) is 8.47. The molecule has 82 valence electrons. The SMILES string of the molecule is F[C@H]1COCC[C@H]1NC1CCNCC1. The lowest BCUT2D eigenvalue weighted by Gasteiger charge is -2.33. The van der Waals surface area contributed by atoms with Crippen molar-refractivity contribution in [2.45, 2.75) is 37.5 Å². The van der Waals surface area contributed by atoms with E-state index < -0.39 is 6.17 Å². The first-order chi connectivity index (χ1) is 6.86. The summed E-state index contributed by atoms with van der Waals surface area (Å²) in [6.45, 7) is 3.07. The Balaban J connectivity index is 1.76. The number of alkyl halides is 1. The van der Waals surface area contributed by atoms with E-state index in [-0.39, 0.29) is 12.6 Å². The van der Waals surface area contributed by atoms with Gasteiger partial charge in [-0.25, -0.2) is 4.39 Å². The maximum absolute atomic E-state index is 13.4. The van der Waals surface area contributed by atoms with E-state index in [0.29, 0.717) is 12.6 Å². The first kappa shape index (κ1) is 10.3. The zero-order valence-electron chi connectivity index (χ0n) is 8.47. The Kier molecular flexibility index (Phi) is 3.73. The predicted molar refractivity (Wildman–Crippen MR) is 53.1 cm³/mol. The molecule has 2 heterocycles. The molecule has 2 N–H and O–H groups in total. The molecule has 2 aliphatic rings. The standard InChI is InChI=1S/C10H19FN2O/c11-9-7-14-6-3-10(9)13-8-1-4-12-5-2-8/h8-10,12-13H,1-7H2/t9-,10+/m0/s1. The van der Waals surface area contributed by atoms with Gasteiger partial charge < -0.3 is 15.4 Å². The van der Waals surface area contributed by atoms with Gasteiger partial charge in [-0.1, -0.05) is 0 Å². The lowest BCUT2D eigenvalue weighted by Crippen LogP contribution is -2.51. The van der Waals surface area contributed by atoms with Gasteiger partial charge >= 0.3 is 0 Å². The molecule has 0 aromatic carbocycles. The first-order valence-corrected chi connectivity index (χ1v) is 5.55. The number of hydrogen-bond donors (Lipinski definition) is 2. The first-order valence-electron chi connectivity index (χ1n) is 5.55. The number of halogens is 1. The van der Waals surface area contributed by atoms with Crippen molar-refractivity contribution in [3.05, 3.63) is 0 Å². The highest BCUT2D eigenvalue weighted by atomic mass is 19.1. The van der Waals surface area contributed by atoms with Gasteiger partial charge in [-0.3, -0.25) is 0 Å². The molecule has 2 atom stereocenters. The van der Waals surface area contributed by atoms with Crippen molar-refractivity contribution >= 4 is 0 Å². The van der Waals surface area contributed by atoms with E-state index in [9.17, 15) is 4.39 Å². The van der Waals surface area contributed by atoms with Gasteiger partial charge in [-0.2, -0.15) is 0 Å². The van der Waals surface area contributed by atoms with E-state index in [1.807, 2.05) is 0 Å². The molecule has 14 heavy (non-hydrogen) atoms. The molecule has 2 aliphatic heterocycles. The van der Waals surface area contributed by atoms with Crippen molar-refractivity contribution in [3.63, 3.8) is 0 Å². The molecule has 2 fully saturated rings. The fourth-order valence-electron chi connectivity index (χ4n) is 2.18. The van der Waals surface area contributed by atoms with Crippen LogP contribution in [-0.4, -0.2) is 44.6 Å². The molecule has 3 nitrogen and oxygen atoms in total. The molecule has 2 rings (SSSR count). The third kappa shape index (κ3) is 2.65. The monoisotopic (exact) mass is 202 g/mol. The Hall–Kier alpha value is -0.190. The Morgan fingerprint density at radius 2 is 2.00 bits per heavy atom. The summed E-state index contributed by atoms with van der Waals surface area (Å²) in [4.78, 5) is 0. The summed E-state index contributed by atoms with van der Waals surface area (Å²) >= 11 is 0. The highest BCUT2D eigenvalue weighted by molar-refractivity contribution is 4.84. The van der Waals surface area contributed by atoms with Gasteiger partial charge in [0.1, 0.15) is 6.17 Å². The van der Waals surface area contributed by atoms with Crippen LogP contribution in [-0.2, 0) is 4.74 Å². The molecule has 0 aliphatic carbocycles. The normalized spacial score (nSPS) is 35.8. The Morgan fingerprint density at radius 3 is 2.71 bits per heavy atom. The molecule has 0 aromatic heterocycles. The molecule has 0 unspecified atom stereocenters. The lowest BCUT2D eigenvalue weighted by molar-refractivity contribution is 0.00990. The third-order valence-corrected chi connectivity index (χ3v) is 3.08. The molecule has 0 saturated carbocycles. The van der Waals surface area contributed by atoms with E-state index in [2.05, 4.69) is 10.6 Å². The number of hydrogen-bond acceptors (Lipinski definition) is 3. The van der Waals surface area contributed by atoms with Crippen molar-refractivity contribution in [3.8, 4) is 0 Å². The highest BCUT2D eigenvalue weighted by Gasteiger charge is 2.27. The quantitative estimate of drug-likeness (QED) is 0.682. The largest absolute Gasteiger partial charge is 0.378 e. The molecular formula is C10H19FN2O. The third-order valence-electron chi connectivity index (χ3n) is 3.08. The fourth-order valence-corrected chi connectivity index (χ4v) is 2.18. The second-order valence-electron chi connectivity index (χ2n) is 4.18. The van der Waals surface area contributed by atoms with Crippen molar-refractivity contribution in [2.75, 3.05) is 26.3 Å². The molecule has 0 amide bonds. The average Bonchev–Trinajstić information content (AvgIpc) is 2.23. The minimum atomic E-state index is -0.821. The minimum Gasteiger partial charge on any atom is -0.378 e. The van der Waals surface area contributed by atoms with Gasteiger partial charge in [-0.05, 0) is 32.4 Å². The maximum Gasteiger partial charge on any atom is 0.139 e. The summed E-state index contributed by atoms with van der Waals surface area (Å²) in [5.41, 5.74) is 0. The number of rotatable bonds is 2. The number of nitrogens with one attached hydrogen (secondary N) is 2. The number of piperidine rings is 1. The number of ether oxygens (including phenoxy) is 1. The van der Waals surface area contributed by atoms with E-state index in [4.69, 9.17) is 4.74 Å². The van der Waals surface area contributed by atoms with Gasteiger partial charge in [-0.15, -0.1) is 0 Å². The van der Waals surface area contributed by atoms with Crippen LogP contribution in [0.5, 0.6) is 0 Å². The van der Waals surface area contributed by atoms with Crippen molar-refractivity contribution < 1.29 is 9.13 Å². The van der Waals surface area contributed by atoms with Gasteiger partial charge in [0.25, 0.3) is 0 Å². The summed E-state index contributed by atoms with van der Waals surface area (Å²) in [5.74, 6) is 0. The van der Waals surface area contributed by atoms with Crippen LogP contribution < -0.4 is 10.6 Å². The molecule has 4 heteroatoms. The van der Waals surface area contributed by atoms with Crippen LogP contribution in [0.15, 0.2) is 0 Å². The van der Waals surface area contributed by atoms with Crippen molar-refractivity contribution in [1.29, 1.82) is 0 Å². The van der Waals surface area contributed by atoms with E-state index in [1.165, 1.54) is 0 Å². The van der Waals surface area contributed by atoms with Gasteiger partial charge in [0.2, 0.25) is 0 Å². The minimum absolute atomic E-state index is 0.0202. The molecule has 0 aromatic rings. The maximum atomic E-state index is 13.4. The summed E-state index contributed by atoms with van der Waals surface area (Å²) < 4.78 is 18.5. The second kappa shape index (κ2) is 5.05. The molecule has 0 spiro atoms. The Bertz CT molecular complexity index is 174. The zero-order chi connectivity index (χ0) is 9.80. The summed E-state index contributed by atoms with van der Waals surface area (Å²) in [5, 5.41) is 6.72. The topological polar surface area (TPSA) is 33.3 Å². The lowest BCUT2D eigenvalue weighted by atomic mass is 10.0. The Morgan fingerprint density at radius 1 is 1.21 bits per heavy atom. The molecule has 0 bridgehead atoms. The highest BCUT2D eigenvalue weighted by Crippen LogP contribution is 2.14. The van der Waals surface area contributed by atoms with Gasteiger partial charge in [0, 0.05) is 18.7 Å².